The van der Waals surface area contributed by atoms with Gasteiger partial charge in [0, 0.05) is 43.5 Å². The molecule has 1 aromatic heterocycles. The standard InChI is InChI=1S/C17H30N4/c1-13-11-21(12-14(2)20(13)6)16-9-15(7-8-18-16)10-19-17(3,4)5/h7-9,13-14,19H,10-12H2,1-6H3. The number of rotatable bonds is 3. The SMILES string of the molecule is CC1CN(c2cc(CNC(C)(C)C)ccn2)CC(C)N1C. The number of anilines is 1. The Hall–Kier alpha value is -1.13. The Labute approximate surface area is 129 Å². The Morgan fingerprint density at radius 1 is 1.24 bits per heavy atom. The predicted molar refractivity (Wildman–Crippen MR) is 89.7 cm³/mol. The van der Waals surface area contributed by atoms with Crippen LogP contribution in [0.3, 0.4) is 0 Å². The van der Waals surface area contributed by atoms with Crippen LogP contribution in [0.2, 0.25) is 0 Å². The van der Waals surface area contributed by atoms with Gasteiger partial charge in [-0.25, -0.2) is 4.98 Å². The fourth-order valence-corrected chi connectivity index (χ4v) is 2.70. The third-order valence-corrected chi connectivity index (χ3v) is 4.32. The lowest BCUT2D eigenvalue weighted by molar-refractivity contribution is 0.169. The lowest BCUT2D eigenvalue weighted by Gasteiger charge is -2.43. The normalized spacial score (nSPS) is 24.4. The van der Waals surface area contributed by atoms with Crippen LogP contribution in [-0.4, -0.2) is 47.6 Å². The van der Waals surface area contributed by atoms with Gasteiger partial charge in [0.05, 0.1) is 0 Å². The Morgan fingerprint density at radius 2 is 1.86 bits per heavy atom. The van der Waals surface area contributed by atoms with Crippen LogP contribution in [-0.2, 0) is 6.54 Å². The van der Waals surface area contributed by atoms with Crippen LogP contribution in [0.5, 0.6) is 0 Å². The zero-order chi connectivity index (χ0) is 15.6. The molecule has 21 heavy (non-hydrogen) atoms. The van der Waals surface area contributed by atoms with Crippen molar-refractivity contribution in [3.05, 3.63) is 23.9 Å². The van der Waals surface area contributed by atoms with Crippen molar-refractivity contribution < 1.29 is 0 Å². The molecule has 2 unspecified atom stereocenters. The van der Waals surface area contributed by atoms with Crippen LogP contribution < -0.4 is 10.2 Å². The molecular formula is C17H30N4. The summed E-state index contributed by atoms with van der Waals surface area (Å²) in [6.45, 7) is 14.1. The third-order valence-electron chi connectivity index (χ3n) is 4.32. The van der Waals surface area contributed by atoms with Gasteiger partial charge in [0.25, 0.3) is 0 Å². The van der Waals surface area contributed by atoms with Gasteiger partial charge in [0.1, 0.15) is 5.82 Å². The number of piperazine rings is 1. The molecule has 0 amide bonds. The molecule has 2 rings (SSSR count). The van der Waals surface area contributed by atoms with Crippen molar-refractivity contribution in [2.24, 2.45) is 0 Å². The van der Waals surface area contributed by atoms with E-state index in [4.69, 9.17) is 0 Å². The maximum atomic E-state index is 4.58. The van der Waals surface area contributed by atoms with Gasteiger partial charge in [-0.1, -0.05) is 0 Å². The molecule has 1 saturated heterocycles. The van der Waals surface area contributed by atoms with Crippen LogP contribution in [0.4, 0.5) is 5.82 Å². The topological polar surface area (TPSA) is 31.4 Å². The third kappa shape index (κ3) is 4.42. The number of nitrogens with zero attached hydrogens (tertiary/aromatic N) is 3. The molecule has 1 aromatic rings. The minimum Gasteiger partial charge on any atom is -0.353 e. The lowest BCUT2D eigenvalue weighted by Crippen LogP contribution is -2.55. The van der Waals surface area contributed by atoms with Gasteiger partial charge in [-0.05, 0) is 59.4 Å². The quantitative estimate of drug-likeness (QED) is 0.927. The number of nitrogens with one attached hydrogen (secondary N) is 1. The molecule has 0 spiro atoms. The van der Waals surface area contributed by atoms with Gasteiger partial charge in [0.2, 0.25) is 0 Å². The van der Waals surface area contributed by atoms with Crippen molar-refractivity contribution in [3.8, 4) is 0 Å². The number of pyridine rings is 1. The van der Waals surface area contributed by atoms with Gasteiger partial charge in [0.15, 0.2) is 0 Å². The Morgan fingerprint density at radius 3 is 2.43 bits per heavy atom. The average molecular weight is 290 g/mol. The monoisotopic (exact) mass is 290 g/mol. The Kier molecular flexibility index (Phi) is 4.89. The van der Waals surface area contributed by atoms with E-state index >= 15 is 0 Å². The van der Waals surface area contributed by atoms with E-state index in [1.54, 1.807) is 0 Å². The second-order valence-electron chi connectivity index (χ2n) is 7.39. The summed E-state index contributed by atoms with van der Waals surface area (Å²) in [7, 11) is 2.21. The Bertz CT molecular complexity index is 454. The van der Waals surface area contributed by atoms with E-state index in [1.165, 1.54) is 5.56 Å². The molecule has 1 aliphatic heterocycles. The lowest BCUT2D eigenvalue weighted by atomic mass is 10.1. The number of aromatic nitrogens is 1. The van der Waals surface area contributed by atoms with E-state index in [0.29, 0.717) is 12.1 Å². The molecule has 2 heterocycles. The molecule has 0 saturated carbocycles. The number of hydrogen-bond acceptors (Lipinski definition) is 4. The van der Waals surface area contributed by atoms with E-state index in [2.05, 4.69) is 73.9 Å². The average Bonchev–Trinajstić information content (AvgIpc) is 2.41. The Balaban J connectivity index is 2.07. The largest absolute Gasteiger partial charge is 0.353 e. The summed E-state index contributed by atoms with van der Waals surface area (Å²) in [6.07, 6.45) is 1.93. The minimum atomic E-state index is 0.139. The fourth-order valence-electron chi connectivity index (χ4n) is 2.70. The van der Waals surface area contributed by atoms with Crippen molar-refractivity contribution in [2.75, 3.05) is 25.0 Å². The zero-order valence-corrected chi connectivity index (χ0v) is 14.3. The molecule has 1 aliphatic rings. The highest BCUT2D eigenvalue weighted by molar-refractivity contribution is 5.42. The van der Waals surface area contributed by atoms with E-state index in [-0.39, 0.29) is 5.54 Å². The molecule has 0 aromatic carbocycles. The van der Waals surface area contributed by atoms with Gasteiger partial charge in [-0.3, -0.25) is 4.90 Å². The van der Waals surface area contributed by atoms with Crippen LogP contribution >= 0.6 is 0 Å². The van der Waals surface area contributed by atoms with Crippen LogP contribution in [0.25, 0.3) is 0 Å². The minimum absolute atomic E-state index is 0.139. The fraction of sp³-hybridized carbons (Fsp3) is 0.706. The zero-order valence-electron chi connectivity index (χ0n) is 14.3. The summed E-state index contributed by atoms with van der Waals surface area (Å²) in [6, 6.07) is 5.45. The first-order valence-electron chi connectivity index (χ1n) is 7.93. The molecular weight excluding hydrogens is 260 g/mol. The predicted octanol–water partition coefficient (Wildman–Crippen LogP) is 2.50. The maximum absolute atomic E-state index is 4.58. The van der Waals surface area contributed by atoms with Crippen molar-refractivity contribution in [1.29, 1.82) is 0 Å². The van der Waals surface area contributed by atoms with E-state index < -0.39 is 0 Å². The molecule has 4 nitrogen and oxygen atoms in total. The first-order valence-corrected chi connectivity index (χ1v) is 7.93. The first kappa shape index (κ1) is 16.2. The van der Waals surface area contributed by atoms with Crippen LogP contribution in [0.1, 0.15) is 40.2 Å². The van der Waals surface area contributed by atoms with Gasteiger partial charge < -0.3 is 10.2 Å². The summed E-state index contributed by atoms with van der Waals surface area (Å²) < 4.78 is 0. The highest BCUT2D eigenvalue weighted by Gasteiger charge is 2.27. The second kappa shape index (κ2) is 6.32. The van der Waals surface area contributed by atoms with Gasteiger partial charge in [-0.15, -0.1) is 0 Å². The molecule has 4 heteroatoms. The number of hydrogen-bond donors (Lipinski definition) is 1. The smallest absolute Gasteiger partial charge is 0.128 e. The molecule has 0 radical (unpaired) electrons. The molecule has 2 atom stereocenters. The molecule has 0 aliphatic carbocycles. The van der Waals surface area contributed by atoms with E-state index in [0.717, 1.165) is 25.5 Å². The maximum Gasteiger partial charge on any atom is 0.128 e. The number of likely N-dealkylation sites (N-methyl/N-ethyl adjacent to an activating group) is 1. The van der Waals surface area contributed by atoms with E-state index in [1.807, 2.05) is 6.20 Å². The molecule has 118 valence electrons. The van der Waals surface area contributed by atoms with Crippen LogP contribution in [0.15, 0.2) is 18.3 Å². The highest BCUT2D eigenvalue weighted by atomic mass is 15.3. The van der Waals surface area contributed by atoms with E-state index in [9.17, 15) is 0 Å². The summed E-state index contributed by atoms with van der Waals surface area (Å²) in [5, 5.41) is 3.54. The first-order chi connectivity index (χ1) is 9.76. The summed E-state index contributed by atoms with van der Waals surface area (Å²) in [5.74, 6) is 1.11. The van der Waals surface area contributed by atoms with Crippen molar-refractivity contribution in [2.45, 2.75) is 58.8 Å². The van der Waals surface area contributed by atoms with Crippen molar-refractivity contribution in [3.63, 3.8) is 0 Å². The van der Waals surface area contributed by atoms with Gasteiger partial charge >= 0.3 is 0 Å². The van der Waals surface area contributed by atoms with Crippen molar-refractivity contribution in [1.82, 2.24) is 15.2 Å². The highest BCUT2D eigenvalue weighted by Crippen LogP contribution is 2.20. The van der Waals surface area contributed by atoms with Crippen LogP contribution in [0, 0.1) is 0 Å². The molecule has 1 fully saturated rings. The summed E-state index contributed by atoms with van der Waals surface area (Å²) in [5.41, 5.74) is 1.44. The summed E-state index contributed by atoms with van der Waals surface area (Å²) in [4.78, 5) is 9.44. The van der Waals surface area contributed by atoms with Gasteiger partial charge in [-0.2, -0.15) is 0 Å². The molecule has 1 N–H and O–H groups in total. The second-order valence-corrected chi connectivity index (χ2v) is 7.39. The molecule has 0 bridgehead atoms. The van der Waals surface area contributed by atoms with Crippen molar-refractivity contribution >= 4 is 5.82 Å². The summed E-state index contributed by atoms with van der Waals surface area (Å²) >= 11 is 0.